The molecule has 0 spiro atoms. The molecule has 0 aromatic heterocycles. The van der Waals surface area contributed by atoms with E-state index in [0.29, 0.717) is 25.9 Å². The summed E-state index contributed by atoms with van der Waals surface area (Å²) in [4.78, 5) is 39.9. The zero-order valence-corrected chi connectivity index (χ0v) is 14.6. The number of hydrogen-bond acceptors (Lipinski definition) is 3. The maximum Gasteiger partial charge on any atom is 0.326 e. The van der Waals surface area contributed by atoms with E-state index in [1.807, 2.05) is 12.1 Å². The molecule has 24 heavy (non-hydrogen) atoms. The molecule has 1 heterocycles. The van der Waals surface area contributed by atoms with E-state index in [9.17, 15) is 14.4 Å². The normalized spacial score (nSPS) is 14.5. The quantitative estimate of drug-likeness (QED) is 0.717. The van der Waals surface area contributed by atoms with Gasteiger partial charge in [0.1, 0.15) is 6.54 Å². The van der Waals surface area contributed by atoms with Crippen molar-refractivity contribution in [2.75, 3.05) is 27.2 Å². The van der Waals surface area contributed by atoms with Gasteiger partial charge in [0.05, 0.1) is 0 Å². The number of hydrogen-bond donors (Lipinski definition) is 0. The molecule has 1 aliphatic heterocycles. The molecule has 1 fully saturated rings. The van der Waals surface area contributed by atoms with Crippen LogP contribution in [0.5, 0.6) is 0 Å². The van der Waals surface area contributed by atoms with E-state index in [4.69, 9.17) is 0 Å². The van der Waals surface area contributed by atoms with E-state index in [1.54, 1.807) is 19.0 Å². The summed E-state index contributed by atoms with van der Waals surface area (Å²) >= 11 is 0. The lowest BCUT2D eigenvalue weighted by Gasteiger charge is -2.18. The van der Waals surface area contributed by atoms with Crippen LogP contribution in [0.2, 0.25) is 0 Å². The van der Waals surface area contributed by atoms with Gasteiger partial charge in [-0.05, 0) is 24.0 Å². The lowest BCUT2D eigenvalue weighted by Crippen LogP contribution is -2.33. The summed E-state index contributed by atoms with van der Waals surface area (Å²) in [6.07, 6.45) is 1.81. The molecular weight excluding hydrogens is 306 g/mol. The lowest BCUT2D eigenvalue weighted by molar-refractivity contribution is -0.131. The first-order chi connectivity index (χ1) is 11.4. The molecule has 2 rings (SSSR count). The molecule has 0 saturated carbocycles. The number of carbonyl (C=O) groups is 3. The predicted octanol–water partition coefficient (Wildman–Crippen LogP) is 1.88. The van der Waals surface area contributed by atoms with Crippen LogP contribution in [0.25, 0.3) is 0 Å². The molecule has 0 N–H and O–H groups in total. The van der Waals surface area contributed by atoms with Crippen molar-refractivity contribution >= 4 is 17.8 Å². The van der Waals surface area contributed by atoms with E-state index >= 15 is 0 Å². The average molecular weight is 331 g/mol. The Bertz CT molecular complexity index is 612. The van der Waals surface area contributed by atoms with Gasteiger partial charge in [0.15, 0.2) is 0 Å². The minimum absolute atomic E-state index is 0.0158. The van der Waals surface area contributed by atoms with Gasteiger partial charge >= 0.3 is 6.03 Å². The Morgan fingerprint density at radius 3 is 2.33 bits per heavy atom. The maximum absolute atomic E-state index is 12.2. The van der Waals surface area contributed by atoms with Crippen LogP contribution < -0.4 is 0 Å². The molecule has 1 aliphatic rings. The highest BCUT2D eigenvalue weighted by atomic mass is 16.2. The third-order valence-electron chi connectivity index (χ3n) is 4.28. The number of rotatable bonds is 7. The smallest absolute Gasteiger partial charge is 0.326 e. The van der Waals surface area contributed by atoms with Gasteiger partial charge < -0.3 is 9.80 Å². The van der Waals surface area contributed by atoms with Crippen LogP contribution in [0.1, 0.15) is 30.9 Å². The Balaban J connectivity index is 1.77. The largest absolute Gasteiger partial charge is 0.341 e. The molecule has 4 amide bonds. The fourth-order valence-corrected chi connectivity index (χ4v) is 2.71. The van der Waals surface area contributed by atoms with Crippen molar-refractivity contribution in [1.29, 1.82) is 0 Å². The molecule has 1 aromatic carbocycles. The number of urea groups is 1. The minimum Gasteiger partial charge on any atom is -0.341 e. The summed E-state index contributed by atoms with van der Waals surface area (Å²) in [5, 5.41) is 0. The van der Waals surface area contributed by atoms with Crippen molar-refractivity contribution in [3.05, 3.63) is 35.4 Å². The second kappa shape index (κ2) is 7.95. The standard InChI is InChI=1S/C18H25N3O3/c1-4-14-7-9-15(10-8-14)12-19(2)16(22)6-5-11-21-17(23)13-20(3)18(21)24/h7-10H,4-6,11-13H2,1-3H3. The Labute approximate surface area is 143 Å². The summed E-state index contributed by atoms with van der Waals surface area (Å²) in [7, 11) is 3.37. The number of aryl methyl sites for hydroxylation is 1. The zero-order valence-electron chi connectivity index (χ0n) is 14.6. The minimum atomic E-state index is -0.281. The Hall–Kier alpha value is -2.37. The van der Waals surface area contributed by atoms with E-state index in [1.165, 1.54) is 15.4 Å². The maximum atomic E-state index is 12.2. The molecular formula is C18H25N3O3. The van der Waals surface area contributed by atoms with Crippen LogP contribution >= 0.6 is 0 Å². The summed E-state index contributed by atoms with van der Waals surface area (Å²) in [6, 6.07) is 7.96. The van der Waals surface area contributed by atoms with Crippen molar-refractivity contribution in [2.45, 2.75) is 32.7 Å². The second-order valence-corrected chi connectivity index (χ2v) is 6.21. The number of carbonyl (C=O) groups excluding carboxylic acids is 3. The summed E-state index contributed by atoms with van der Waals surface area (Å²) in [5.41, 5.74) is 2.37. The van der Waals surface area contributed by atoms with Gasteiger partial charge in [-0.3, -0.25) is 14.5 Å². The molecule has 0 atom stereocenters. The van der Waals surface area contributed by atoms with Crippen LogP contribution in [-0.2, 0) is 22.6 Å². The highest BCUT2D eigenvalue weighted by molar-refractivity contribution is 6.01. The van der Waals surface area contributed by atoms with Gasteiger partial charge in [0.25, 0.3) is 0 Å². The molecule has 6 nitrogen and oxygen atoms in total. The summed E-state index contributed by atoms with van der Waals surface area (Å²) < 4.78 is 0. The van der Waals surface area contributed by atoms with Gasteiger partial charge in [0, 0.05) is 33.6 Å². The third kappa shape index (κ3) is 4.34. The van der Waals surface area contributed by atoms with Gasteiger partial charge in [-0.15, -0.1) is 0 Å². The van der Waals surface area contributed by atoms with Crippen molar-refractivity contribution in [2.24, 2.45) is 0 Å². The van der Waals surface area contributed by atoms with Gasteiger partial charge in [-0.2, -0.15) is 0 Å². The molecule has 0 radical (unpaired) electrons. The molecule has 0 bridgehead atoms. The van der Waals surface area contributed by atoms with Gasteiger partial charge in [-0.1, -0.05) is 31.2 Å². The van der Waals surface area contributed by atoms with Crippen molar-refractivity contribution in [3.8, 4) is 0 Å². The number of likely N-dealkylation sites (N-methyl/N-ethyl adjacent to an activating group) is 1. The topological polar surface area (TPSA) is 60.9 Å². The second-order valence-electron chi connectivity index (χ2n) is 6.21. The Kier molecular flexibility index (Phi) is 5.95. The fourth-order valence-electron chi connectivity index (χ4n) is 2.71. The molecule has 6 heteroatoms. The monoisotopic (exact) mass is 331 g/mol. The average Bonchev–Trinajstić information content (AvgIpc) is 2.81. The van der Waals surface area contributed by atoms with Crippen LogP contribution in [-0.4, -0.2) is 59.7 Å². The first-order valence-corrected chi connectivity index (χ1v) is 8.29. The Morgan fingerprint density at radius 2 is 1.79 bits per heavy atom. The predicted molar refractivity (Wildman–Crippen MR) is 91.3 cm³/mol. The summed E-state index contributed by atoms with van der Waals surface area (Å²) in [5.74, 6) is -0.179. The van der Waals surface area contributed by atoms with E-state index in [-0.39, 0.29) is 24.4 Å². The number of benzene rings is 1. The first kappa shape index (κ1) is 18.0. The van der Waals surface area contributed by atoms with E-state index in [0.717, 1.165) is 12.0 Å². The third-order valence-corrected chi connectivity index (χ3v) is 4.28. The lowest BCUT2D eigenvalue weighted by atomic mass is 10.1. The van der Waals surface area contributed by atoms with E-state index < -0.39 is 0 Å². The highest BCUT2D eigenvalue weighted by Crippen LogP contribution is 2.11. The highest BCUT2D eigenvalue weighted by Gasteiger charge is 2.32. The van der Waals surface area contributed by atoms with Gasteiger partial charge in [0.2, 0.25) is 11.8 Å². The Morgan fingerprint density at radius 1 is 1.17 bits per heavy atom. The number of imide groups is 1. The molecule has 1 saturated heterocycles. The van der Waals surface area contributed by atoms with Crippen molar-refractivity contribution in [1.82, 2.24) is 14.7 Å². The van der Waals surface area contributed by atoms with Gasteiger partial charge in [-0.25, -0.2) is 4.79 Å². The summed E-state index contributed by atoms with van der Waals surface area (Å²) in [6.45, 7) is 3.10. The molecule has 0 unspecified atom stereocenters. The van der Waals surface area contributed by atoms with E-state index in [2.05, 4.69) is 19.1 Å². The molecule has 130 valence electrons. The van der Waals surface area contributed by atoms with Crippen LogP contribution in [0.3, 0.4) is 0 Å². The van der Waals surface area contributed by atoms with Crippen LogP contribution in [0.4, 0.5) is 4.79 Å². The number of amides is 4. The zero-order chi connectivity index (χ0) is 17.7. The SMILES string of the molecule is CCc1ccc(CN(C)C(=O)CCCN2C(=O)CN(C)C2=O)cc1. The molecule has 1 aromatic rings. The van der Waals surface area contributed by atoms with Crippen LogP contribution in [0, 0.1) is 0 Å². The molecule has 0 aliphatic carbocycles. The number of nitrogens with zero attached hydrogens (tertiary/aromatic N) is 3. The fraction of sp³-hybridized carbons (Fsp3) is 0.500. The van der Waals surface area contributed by atoms with Crippen molar-refractivity contribution in [3.63, 3.8) is 0 Å². The van der Waals surface area contributed by atoms with Crippen molar-refractivity contribution < 1.29 is 14.4 Å². The van der Waals surface area contributed by atoms with Crippen LogP contribution in [0.15, 0.2) is 24.3 Å². The first-order valence-electron chi connectivity index (χ1n) is 8.29.